The van der Waals surface area contributed by atoms with E-state index in [1.165, 1.54) is 24.3 Å². The minimum atomic E-state index is -2.94. The topological polar surface area (TPSA) is 102 Å². The Kier molecular flexibility index (Phi) is 5.78. The summed E-state index contributed by atoms with van der Waals surface area (Å²) in [6.07, 6.45) is -4.87. The lowest BCUT2D eigenvalue weighted by Gasteiger charge is -2.11. The maximum atomic E-state index is 11.9. The number of ether oxygens (including phenoxy) is 1. The first kappa shape index (κ1) is 15.8. The standard InChI is InChI=1S/C11H12F2N2O5/c12-11(13)9(16)5-14-10(17)6-20-8-3-1-7(2-4-8)15(18)19/h1-4,9,11,16H,5-6H2,(H,14,17). The van der Waals surface area contributed by atoms with Crippen LogP contribution in [0, 0.1) is 10.1 Å². The summed E-state index contributed by atoms with van der Waals surface area (Å²) in [5, 5.41) is 21.2. The largest absolute Gasteiger partial charge is 0.484 e. The molecule has 0 radical (unpaired) electrons. The third-order valence-corrected chi connectivity index (χ3v) is 2.22. The van der Waals surface area contributed by atoms with Crippen LogP contribution in [0.25, 0.3) is 0 Å². The predicted molar refractivity (Wildman–Crippen MR) is 63.6 cm³/mol. The van der Waals surface area contributed by atoms with E-state index in [1.54, 1.807) is 0 Å². The fourth-order valence-corrected chi connectivity index (χ4v) is 1.17. The molecule has 20 heavy (non-hydrogen) atoms. The SMILES string of the molecule is O=C(COc1ccc([N+](=O)[O-])cc1)NCC(O)C(F)F. The zero-order valence-electron chi connectivity index (χ0n) is 10.2. The minimum Gasteiger partial charge on any atom is -0.484 e. The molecule has 0 heterocycles. The van der Waals surface area contributed by atoms with Crippen LogP contribution in [0.2, 0.25) is 0 Å². The van der Waals surface area contributed by atoms with Crippen molar-refractivity contribution in [2.45, 2.75) is 12.5 Å². The van der Waals surface area contributed by atoms with Crippen molar-refractivity contribution in [3.05, 3.63) is 34.4 Å². The Labute approximate surface area is 112 Å². The fourth-order valence-electron chi connectivity index (χ4n) is 1.17. The number of halogens is 2. The lowest BCUT2D eigenvalue weighted by Crippen LogP contribution is -2.38. The summed E-state index contributed by atoms with van der Waals surface area (Å²) in [4.78, 5) is 21.0. The Bertz CT molecular complexity index is 466. The molecule has 0 saturated heterocycles. The third-order valence-electron chi connectivity index (χ3n) is 2.22. The number of hydrogen-bond acceptors (Lipinski definition) is 5. The van der Waals surface area contributed by atoms with E-state index in [-0.39, 0.29) is 11.4 Å². The van der Waals surface area contributed by atoms with Gasteiger partial charge in [0.05, 0.1) is 4.92 Å². The van der Waals surface area contributed by atoms with Gasteiger partial charge in [-0.25, -0.2) is 8.78 Å². The molecule has 0 aliphatic rings. The number of carbonyl (C=O) groups excluding carboxylic acids is 1. The number of amides is 1. The highest BCUT2D eigenvalue weighted by Crippen LogP contribution is 2.16. The molecule has 0 aliphatic heterocycles. The maximum absolute atomic E-state index is 11.9. The van der Waals surface area contributed by atoms with Crippen molar-refractivity contribution in [3.8, 4) is 5.75 Å². The molecule has 1 aromatic rings. The van der Waals surface area contributed by atoms with Crippen molar-refractivity contribution in [2.24, 2.45) is 0 Å². The summed E-state index contributed by atoms with van der Waals surface area (Å²) in [5.41, 5.74) is -0.123. The van der Waals surface area contributed by atoms with Crippen LogP contribution < -0.4 is 10.1 Å². The van der Waals surface area contributed by atoms with Gasteiger partial charge in [-0.2, -0.15) is 0 Å². The molecular weight excluding hydrogens is 278 g/mol. The highest BCUT2D eigenvalue weighted by atomic mass is 19.3. The number of carbonyl (C=O) groups is 1. The van der Waals surface area contributed by atoms with Crippen molar-refractivity contribution < 1.29 is 28.3 Å². The molecule has 1 amide bonds. The summed E-state index contributed by atoms with van der Waals surface area (Å²) < 4.78 is 28.9. The van der Waals surface area contributed by atoms with Crippen LogP contribution in [0.4, 0.5) is 14.5 Å². The highest BCUT2D eigenvalue weighted by Gasteiger charge is 2.17. The van der Waals surface area contributed by atoms with Crippen LogP contribution in [-0.2, 0) is 4.79 Å². The number of alkyl halides is 2. The third kappa shape index (κ3) is 5.14. The second-order valence-corrected chi connectivity index (χ2v) is 3.75. The number of hydrogen-bond donors (Lipinski definition) is 2. The Morgan fingerprint density at radius 1 is 1.40 bits per heavy atom. The van der Waals surface area contributed by atoms with E-state index in [1.807, 2.05) is 0 Å². The van der Waals surface area contributed by atoms with Crippen molar-refractivity contribution >= 4 is 11.6 Å². The number of benzene rings is 1. The molecule has 110 valence electrons. The van der Waals surface area contributed by atoms with Crippen molar-refractivity contribution in [3.63, 3.8) is 0 Å². The lowest BCUT2D eigenvalue weighted by molar-refractivity contribution is -0.384. The quantitative estimate of drug-likeness (QED) is 0.569. The van der Waals surface area contributed by atoms with Gasteiger partial charge < -0.3 is 15.2 Å². The zero-order chi connectivity index (χ0) is 15.1. The summed E-state index contributed by atoms with van der Waals surface area (Å²) in [6.45, 7) is -1.03. The molecule has 0 saturated carbocycles. The Morgan fingerprint density at radius 3 is 2.50 bits per heavy atom. The van der Waals surface area contributed by atoms with E-state index in [0.29, 0.717) is 0 Å². The number of non-ortho nitro benzene ring substituents is 1. The molecule has 0 aliphatic carbocycles. The van der Waals surface area contributed by atoms with Crippen LogP contribution in [0.15, 0.2) is 24.3 Å². The molecule has 0 spiro atoms. The number of rotatable bonds is 7. The van der Waals surface area contributed by atoms with Gasteiger partial charge in [0.25, 0.3) is 18.0 Å². The molecule has 9 heteroatoms. The average molecular weight is 290 g/mol. The van der Waals surface area contributed by atoms with E-state index in [2.05, 4.69) is 5.32 Å². The van der Waals surface area contributed by atoms with Gasteiger partial charge in [-0.15, -0.1) is 0 Å². The van der Waals surface area contributed by atoms with Crippen LogP contribution in [0.5, 0.6) is 5.75 Å². The van der Waals surface area contributed by atoms with Crippen LogP contribution in [0.1, 0.15) is 0 Å². The number of nitro benzene ring substituents is 1. The first-order valence-corrected chi connectivity index (χ1v) is 5.50. The molecule has 1 rings (SSSR count). The van der Waals surface area contributed by atoms with Gasteiger partial charge in [-0.3, -0.25) is 14.9 Å². The van der Waals surface area contributed by atoms with Gasteiger partial charge in [0, 0.05) is 18.7 Å². The second kappa shape index (κ2) is 7.34. The van der Waals surface area contributed by atoms with Gasteiger partial charge >= 0.3 is 0 Å². The predicted octanol–water partition coefficient (Wildman–Crippen LogP) is 0.716. The van der Waals surface area contributed by atoms with Crippen molar-refractivity contribution in [1.82, 2.24) is 5.32 Å². The molecule has 7 nitrogen and oxygen atoms in total. The Morgan fingerprint density at radius 2 is 2.00 bits per heavy atom. The second-order valence-electron chi connectivity index (χ2n) is 3.75. The zero-order valence-corrected chi connectivity index (χ0v) is 10.2. The van der Waals surface area contributed by atoms with E-state index >= 15 is 0 Å². The molecule has 1 aromatic carbocycles. The molecule has 1 unspecified atom stereocenters. The summed E-state index contributed by atoms with van der Waals surface area (Å²) in [6, 6.07) is 5.01. The highest BCUT2D eigenvalue weighted by molar-refractivity contribution is 5.77. The van der Waals surface area contributed by atoms with Gasteiger partial charge in [0.2, 0.25) is 0 Å². The van der Waals surface area contributed by atoms with Crippen LogP contribution in [-0.4, -0.2) is 41.6 Å². The number of nitro groups is 1. The van der Waals surface area contributed by atoms with E-state index < -0.39 is 36.5 Å². The molecule has 1 atom stereocenters. The molecule has 0 bridgehead atoms. The van der Waals surface area contributed by atoms with Gasteiger partial charge in [0.15, 0.2) is 6.61 Å². The van der Waals surface area contributed by atoms with E-state index in [0.717, 1.165) is 0 Å². The average Bonchev–Trinajstić information content (AvgIpc) is 2.42. The number of aliphatic hydroxyl groups is 1. The molecule has 2 N–H and O–H groups in total. The lowest BCUT2D eigenvalue weighted by atomic mass is 10.3. The first-order chi connectivity index (χ1) is 9.40. The minimum absolute atomic E-state index is 0.123. The van der Waals surface area contributed by atoms with E-state index in [4.69, 9.17) is 9.84 Å². The normalized spacial score (nSPS) is 12.0. The summed E-state index contributed by atoms with van der Waals surface area (Å²) >= 11 is 0. The number of nitrogens with one attached hydrogen (secondary N) is 1. The number of aliphatic hydroxyl groups excluding tert-OH is 1. The van der Waals surface area contributed by atoms with E-state index in [9.17, 15) is 23.7 Å². The molecule has 0 aromatic heterocycles. The number of nitrogens with zero attached hydrogens (tertiary/aromatic N) is 1. The van der Waals surface area contributed by atoms with Gasteiger partial charge in [0.1, 0.15) is 11.9 Å². The van der Waals surface area contributed by atoms with Crippen LogP contribution >= 0.6 is 0 Å². The molecular formula is C11H12F2N2O5. The smallest absolute Gasteiger partial charge is 0.269 e. The summed E-state index contributed by atoms with van der Waals surface area (Å²) in [7, 11) is 0. The maximum Gasteiger partial charge on any atom is 0.269 e. The van der Waals surface area contributed by atoms with Crippen molar-refractivity contribution in [2.75, 3.05) is 13.2 Å². The Hall–Kier alpha value is -2.29. The van der Waals surface area contributed by atoms with Crippen LogP contribution in [0.3, 0.4) is 0 Å². The first-order valence-electron chi connectivity index (χ1n) is 5.50. The monoisotopic (exact) mass is 290 g/mol. The Balaban J connectivity index is 2.35. The summed E-state index contributed by atoms with van der Waals surface area (Å²) in [5.74, 6) is -0.469. The van der Waals surface area contributed by atoms with Crippen molar-refractivity contribution in [1.29, 1.82) is 0 Å². The van der Waals surface area contributed by atoms with Gasteiger partial charge in [-0.05, 0) is 12.1 Å². The fraction of sp³-hybridized carbons (Fsp3) is 0.364. The molecule has 0 fully saturated rings. The van der Waals surface area contributed by atoms with Gasteiger partial charge in [-0.1, -0.05) is 0 Å².